The zero-order valence-electron chi connectivity index (χ0n) is 19.1. The van der Waals surface area contributed by atoms with E-state index in [-0.39, 0.29) is 16.6 Å². The molecule has 2 bridgehead atoms. The molecule has 6 heteroatoms. The van der Waals surface area contributed by atoms with Gasteiger partial charge in [-0.25, -0.2) is 10.2 Å². The molecule has 0 saturated heterocycles. The molecule has 0 spiro atoms. The lowest BCUT2D eigenvalue weighted by molar-refractivity contribution is -0.119. The summed E-state index contributed by atoms with van der Waals surface area (Å²) in [6.45, 7) is 10.5. The van der Waals surface area contributed by atoms with Crippen LogP contribution < -0.4 is 10.7 Å². The minimum absolute atomic E-state index is 0.00579. The minimum atomic E-state index is -1.13. The predicted molar refractivity (Wildman–Crippen MR) is 122 cm³/mol. The predicted octanol–water partition coefficient (Wildman–Crippen LogP) is 4.81. The van der Waals surface area contributed by atoms with Crippen molar-refractivity contribution in [2.75, 3.05) is 5.32 Å². The zero-order chi connectivity index (χ0) is 22.7. The minimum Gasteiger partial charge on any atom is -0.385 e. The van der Waals surface area contributed by atoms with Gasteiger partial charge in [-0.15, -0.1) is 0 Å². The van der Waals surface area contributed by atoms with Crippen LogP contribution >= 0.6 is 0 Å². The molecule has 166 valence electrons. The van der Waals surface area contributed by atoms with Gasteiger partial charge in [0.05, 0.1) is 5.60 Å². The second-order valence-electron chi connectivity index (χ2n) is 11.5. The van der Waals surface area contributed by atoms with E-state index >= 15 is 0 Å². The van der Waals surface area contributed by atoms with E-state index in [2.05, 4.69) is 36.6 Å². The summed E-state index contributed by atoms with van der Waals surface area (Å²) >= 11 is 0. The molecule has 1 saturated carbocycles. The van der Waals surface area contributed by atoms with Crippen molar-refractivity contribution in [1.29, 1.82) is 0 Å². The van der Waals surface area contributed by atoms with E-state index < -0.39 is 17.0 Å². The second-order valence-corrected chi connectivity index (χ2v) is 11.5. The Balaban J connectivity index is 1.63. The fraction of sp³-hybridized carbons (Fsp3) is 0.560. The summed E-state index contributed by atoms with van der Waals surface area (Å²) in [6.07, 6.45) is 3.70. The van der Waals surface area contributed by atoms with Gasteiger partial charge in [-0.1, -0.05) is 58.4 Å². The van der Waals surface area contributed by atoms with Gasteiger partial charge < -0.3 is 10.4 Å². The van der Waals surface area contributed by atoms with Crippen LogP contribution in [0.5, 0.6) is 0 Å². The number of urea groups is 1. The van der Waals surface area contributed by atoms with E-state index in [0.29, 0.717) is 36.2 Å². The number of fused-ring (bicyclic) bond motifs is 3. The van der Waals surface area contributed by atoms with Crippen LogP contribution in [0.3, 0.4) is 0 Å². The van der Waals surface area contributed by atoms with Gasteiger partial charge in [0.15, 0.2) is 0 Å². The Labute approximate surface area is 184 Å². The molecule has 2 atom stereocenters. The van der Waals surface area contributed by atoms with Crippen LogP contribution in [-0.2, 0) is 4.79 Å². The first-order chi connectivity index (χ1) is 14.3. The molecular formula is C25H33N3O3. The summed E-state index contributed by atoms with van der Waals surface area (Å²) in [6, 6.07) is 8.57. The lowest BCUT2D eigenvalue weighted by atomic mass is 9.49. The highest BCUT2D eigenvalue weighted by Gasteiger charge is 2.58. The molecule has 0 heterocycles. The van der Waals surface area contributed by atoms with Crippen LogP contribution in [0, 0.1) is 16.2 Å². The molecule has 4 rings (SSSR count). The lowest BCUT2D eigenvalue weighted by Crippen LogP contribution is -2.56. The Bertz CT molecular complexity index is 993. The average molecular weight is 424 g/mol. The van der Waals surface area contributed by atoms with Crippen molar-refractivity contribution < 1.29 is 14.7 Å². The molecule has 1 aromatic rings. The number of amides is 2. The van der Waals surface area contributed by atoms with Crippen molar-refractivity contribution in [3.05, 3.63) is 41.5 Å². The summed E-state index contributed by atoms with van der Waals surface area (Å²) in [5.41, 5.74) is 3.32. The molecule has 1 fully saturated rings. The number of allylic oxidation sites excluding steroid dienone is 1. The van der Waals surface area contributed by atoms with Gasteiger partial charge >= 0.3 is 6.03 Å². The van der Waals surface area contributed by atoms with Gasteiger partial charge in [0.1, 0.15) is 5.71 Å². The smallest absolute Gasteiger partial charge is 0.339 e. The third-order valence-corrected chi connectivity index (χ3v) is 6.89. The molecule has 0 aromatic heterocycles. The van der Waals surface area contributed by atoms with E-state index in [1.54, 1.807) is 12.1 Å². The van der Waals surface area contributed by atoms with Crippen molar-refractivity contribution >= 4 is 23.2 Å². The number of hydrogen-bond acceptors (Lipinski definition) is 4. The number of hydrazone groups is 1. The summed E-state index contributed by atoms with van der Waals surface area (Å²) in [7, 11) is 0. The fourth-order valence-electron chi connectivity index (χ4n) is 6.63. The van der Waals surface area contributed by atoms with Crippen molar-refractivity contribution in [2.45, 2.75) is 72.3 Å². The molecule has 0 aliphatic heterocycles. The van der Waals surface area contributed by atoms with Crippen LogP contribution in [0.15, 0.2) is 46.6 Å². The Morgan fingerprint density at radius 2 is 1.68 bits per heavy atom. The number of nitrogens with zero attached hydrogens (tertiary/aromatic N) is 1. The number of ketones is 1. The van der Waals surface area contributed by atoms with Crippen molar-refractivity contribution in [2.24, 2.45) is 21.3 Å². The molecule has 1 aromatic carbocycles. The number of anilines is 1. The van der Waals surface area contributed by atoms with Crippen LogP contribution in [0.4, 0.5) is 10.5 Å². The summed E-state index contributed by atoms with van der Waals surface area (Å²) in [5.74, 6) is -0.228. The molecule has 2 unspecified atom stereocenters. The van der Waals surface area contributed by atoms with Gasteiger partial charge in [-0.2, -0.15) is 5.10 Å². The Hall–Kier alpha value is -2.47. The first-order valence-corrected chi connectivity index (χ1v) is 11.0. The summed E-state index contributed by atoms with van der Waals surface area (Å²) in [4.78, 5) is 26.0. The maximum Gasteiger partial charge on any atom is 0.339 e. The first-order valence-electron chi connectivity index (χ1n) is 11.0. The van der Waals surface area contributed by atoms with Gasteiger partial charge in [0, 0.05) is 16.7 Å². The first kappa shape index (κ1) is 21.8. The SMILES string of the molecule is CC1(C)CC2(C)CC3=C(C(=O)/C(=N\NC(=O)Nc4ccccc4)C(C)(C)C3)C(O)(C1)C2. The normalized spacial score (nSPS) is 32.5. The zero-order valence-corrected chi connectivity index (χ0v) is 19.1. The molecule has 3 N–H and O–H groups in total. The number of nitrogens with one attached hydrogen (secondary N) is 2. The van der Waals surface area contributed by atoms with E-state index in [1.807, 2.05) is 32.0 Å². The van der Waals surface area contributed by atoms with Crippen LogP contribution in [0.2, 0.25) is 0 Å². The molecule has 3 aliphatic rings. The standard InChI is InChI=1S/C25H33N3O3/c1-22(2)13-24(5)12-16-11-23(3,4)20(19(29)18(16)25(31,14-22)15-24)27-28-21(30)26-17-9-7-6-8-10-17/h6-10,31H,11-15H2,1-5H3,(H2,26,28,30)/b27-20+. The molecule has 3 aliphatic carbocycles. The number of aliphatic hydroxyl groups is 1. The topological polar surface area (TPSA) is 90.8 Å². The number of para-hydroxylation sites is 1. The lowest BCUT2D eigenvalue weighted by Gasteiger charge is -2.57. The molecule has 31 heavy (non-hydrogen) atoms. The molecule has 2 amide bonds. The highest BCUT2D eigenvalue weighted by Crippen LogP contribution is 2.61. The number of hydrogen-bond donors (Lipinski definition) is 3. The van der Waals surface area contributed by atoms with E-state index in [1.165, 1.54) is 0 Å². The monoisotopic (exact) mass is 423 g/mol. The largest absolute Gasteiger partial charge is 0.385 e. The summed E-state index contributed by atoms with van der Waals surface area (Å²) < 4.78 is 0. The van der Waals surface area contributed by atoms with Gasteiger partial charge in [-0.3, -0.25) is 4.79 Å². The van der Waals surface area contributed by atoms with Crippen molar-refractivity contribution in [3.8, 4) is 0 Å². The number of benzene rings is 1. The number of carbonyl (C=O) groups is 2. The quantitative estimate of drug-likeness (QED) is 0.596. The second kappa shape index (κ2) is 7.02. The van der Waals surface area contributed by atoms with Gasteiger partial charge in [-0.05, 0) is 55.1 Å². The van der Waals surface area contributed by atoms with Crippen LogP contribution in [-0.4, -0.2) is 28.2 Å². The third kappa shape index (κ3) is 4.05. The summed E-state index contributed by atoms with van der Waals surface area (Å²) in [5, 5.41) is 18.7. The Morgan fingerprint density at radius 1 is 1.00 bits per heavy atom. The average Bonchev–Trinajstić information content (AvgIpc) is 2.57. The Kier molecular flexibility index (Phi) is 4.93. The fourth-order valence-corrected chi connectivity index (χ4v) is 6.63. The number of rotatable bonds is 2. The molecule has 6 nitrogen and oxygen atoms in total. The van der Waals surface area contributed by atoms with Crippen molar-refractivity contribution in [3.63, 3.8) is 0 Å². The maximum absolute atomic E-state index is 13.6. The molecule has 0 radical (unpaired) electrons. The highest BCUT2D eigenvalue weighted by atomic mass is 16.3. The van der Waals surface area contributed by atoms with E-state index in [0.717, 1.165) is 18.4 Å². The third-order valence-electron chi connectivity index (χ3n) is 6.89. The van der Waals surface area contributed by atoms with E-state index in [4.69, 9.17) is 0 Å². The van der Waals surface area contributed by atoms with E-state index in [9.17, 15) is 14.7 Å². The van der Waals surface area contributed by atoms with Crippen molar-refractivity contribution in [1.82, 2.24) is 5.43 Å². The molecular weight excluding hydrogens is 390 g/mol. The number of carbonyl (C=O) groups excluding carboxylic acids is 2. The maximum atomic E-state index is 13.6. The van der Waals surface area contributed by atoms with Gasteiger partial charge in [0.2, 0.25) is 5.78 Å². The number of Topliss-reactive ketones (excluding diaryl/α,β-unsaturated/α-hetero) is 1. The van der Waals surface area contributed by atoms with Crippen LogP contribution in [0.1, 0.15) is 66.7 Å². The Morgan fingerprint density at radius 3 is 2.35 bits per heavy atom. The van der Waals surface area contributed by atoms with Crippen LogP contribution in [0.25, 0.3) is 0 Å². The highest BCUT2D eigenvalue weighted by molar-refractivity contribution is 6.48. The van der Waals surface area contributed by atoms with Gasteiger partial charge in [0.25, 0.3) is 0 Å².